The number of anilines is 1. The lowest BCUT2D eigenvalue weighted by Crippen LogP contribution is -2.41. The molecule has 0 heterocycles. The van der Waals surface area contributed by atoms with Crippen molar-refractivity contribution in [1.29, 1.82) is 0 Å². The van der Waals surface area contributed by atoms with E-state index in [1.165, 1.54) is 12.5 Å². The van der Waals surface area contributed by atoms with Gasteiger partial charge in [0.05, 0.1) is 11.3 Å². The van der Waals surface area contributed by atoms with E-state index in [1.807, 2.05) is 36.4 Å². The molecule has 0 atom stereocenters. The number of benzene rings is 2. The molecule has 1 aliphatic carbocycles. The topological polar surface area (TPSA) is 61.4 Å². The number of carbonyl (C=O) groups excluding carboxylic acids is 2. The maximum absolute atomic E-state index is 12.9. The van der Waals surface area contributed by atoms with Crippen LogP contribution in [0.5, 0.6) is 0 Å². The Labute approximate surface area is 193 Å². The van der Waals surface area contributed by atoms with E-state index in [2.05, 4.69) is 10.6 Å². The van der Waals surface area contributed by atoms with Gasteiger partial charge in [-0.15, -0.1) is 0 Å². The van der Waals surface area contributed by atoms with E-state index in [0.29, 0.717) is 16.3 Å². The first kappa shape index (κ1) is 23.0. The second-order valence-corrected chi connectivity index (χ2v) is 8.33. The molecule has 5 nitrogen and oxygen atoms in total. The van der Waals surface area contributed by atoms with Gasteiger partial charge in [-0.25, -0.2) is 0 Å². The largest absolute Gasteiger partial charge is 0.349 e. The van der Waals surface area contributed by atoms with Crippen LogP contribution in [-0.2, 0) is 4.79 Å². The van der Waals surface area contributed by atoms with Crippen molar-refractivity contribution in [2.24, 2.45) is 0 Å². The summed E-state index contributed by atoms with van der Waals surface area (Å²) < 4.78 is 0. The van der Waals surface area contributed by atoms with Crippen molar-refractivity contribution in [3.05, 3.63) is 70.8 Å². The number of halogens is 1. The molecule has 1 fully saturated rings. The van der Waals surface area contributed by atoms with Crippen LogP contribution in [0.3, 0.4) is 0 Å². The van der Waals surface area contributed by atoms with Gasteiger partial charge in [-0.1, -0.05) is 61.2 Å². The molecule has 0 spiro atoms. The molecule has 2 N–H and O–H groups in total. The van der Waals surface area contributed by atoms with Gasteiger partial charge in [0.2, 0.25) is 5.91 Å². The molecule has 2 amide bonds. The minimum Gasteiger partial charge on any atom is -0.349 e. The number of nitrogens with one attached hydrogen (secondary N) is 2. The van der Waals surface area contributed by atoms with Crippen molar-refractivity contribution in [1.82, 2.24) is 10.6 Å². The number of nitrogens with zero attached hydrogens (tertiary/aromatic N) is 1. The maximum Gasteiger partial charge on any atom is 0.253 e. The maximum atomic E-state index is 12.9. The summed E-state index contributed by atoms with van der Waals surface area (Å²) in [5.41, 5.74) is 1.90. The van der Waals surface area contributed by atoms with Crippen molar-refractivity contribution in [2.45, 2.75) is 38.1 Å². The summed E-state index contributed by atoms with van der Waals surface area (Å²) in [7, 11) is 1.73. The van der Waals surface area contributed by atoms with Crippen LogP contribution in [0.2, 0.25) is 5.02 Å². The minimum atomic E-state index is -0.374. The molecule has 162 valence electrons. The molecule has 1 saturated carbocycles. The quantitative estimate of drug-likeness (QED) is 0.494. The van der Waals surface area contributed by atoms with E-state index in [9.17, 15) is 9.59 Å². The Bertz CT molecular complexity index is 986. The molecule has 0 aliphatic heterocycles. The Morgan fingerprint density at radius 3 is 2.48 bits per heavy atom. The van der Waals surface area contributed by atoms with Crippen LogP contribution in [0.25, 0.3) is 6.08 Å². The van der Waals surface area contributed by atoms with Crippen LogP contribution >= 0.6 is 23.8 Å². The average molecular weight is 456 g/mol. The SMILES string of the molecule is CN(C(=S)NC(=O)/C=C/c1ccccc1Cl)c1ccccc1C(=O)NC1CCCCC1. The fourth-order valence-corrected chi connectivity index (χ4v) is 3.98. The van der Waals surface area contributed by atoms with Crippen molar-refractivity contribution < 1.29 is 9.59 Å². The summed E-state index contributed by atoms with van der Waals surface area (Å²) in [5.74, 6) is -0.497. The van der Waals surface area contributed by atoms with Gasteiger partial charge in [-0.3, -0.25) is 14.9 Å². The monoisotopic (exact) mass is 455 g/mol. The number of para-hydroxylation sites is 1. The summed E-state index contributed by atoms with van der Waals surface area (Å²) in [6.45, 7) is 0. The molecule has 0 aromatic heterocycles. The Morgan fingerprint density at radius 2 is 1.74 bits per heavy atom. The molecular weight excluding hydrogens is 430 g/mol. The van der Waals surface area contributed by atoms with Crippen molar-refractivity contribution >= 4 is 52.5 Å². The highest BCUT2D eigenvalue weighted by atomic mass is 35.5. The van der Waals surface area contributed by atoms with Gasteiger partial charge in [0.1, 0.15) is 0 Å². The highest BCUT2D eigenvalue weighted by Crippen LogP contribution is 2.22. The highest BCUT2D eigenvalue weighted by molar-refractivity contribution is 7.80. The standard InChI is InChI=1S/C24H26ClN3O2S/c1-28(24(31)27-22(29)16-15-17-9-5-7-13-20(17)25)21-14-8-6-12-19(21)23(30)26-18-10-3-2-4-11-18/h5-9,12-16,18H,2-4,10-11H2,1H3,(H,26,30)(H,27,29,31)/b16-15+. The zero-order chi connectivity index (χ0) is 22.2. The van der Waals surface area contributed by atoms with Gasteiger partial charge in [0, 0.05) is 24.2 Å². The van der Waals surface area contributed by atoms with Gasteiger partial charge in [0.15, 0.2) is 5.11 Å². The first-order valence-electron chi connectivity index (χ1n) is 10.4. The second-order valence-electron chi connectivity index (χ2n) is 7.53. The molecule has 0 radical (unpaired) electrons. The van der Waals surface area contributed by atoms with E-state index in [0.717, 1.165) is 31.2 Å². The van der Waals surface area contributed by atoms with Crippen LogP contribution in [-0.4, -0.2) is 30.0 Å². The van der Waals surface area contributed by atoms with Gasteiger partial charge >= 0.3 is 0 Å². The first-order valence-corrected chi connectivity index (χ1v) is 11.2. The third kappa shape index (κ3) is 6.39. The van der Waals surface area contributed by atoms with E-state index in [4.69, 9.17) is 23.8 Å². The fraction of sp³-hybridized carbons (Fsp3) is 0.292. The van der Waals surface area contributed by atoms with Crippen LogP contribution in [0.15, 0.2) is 54.6 Å². The molecular formula is C24H26ClN3O2S. The smallest absolute Gasteiger partial charge is 0.253 e. The van der Waals surface area contributed by atoms with Crippen LogP contribution in [0, 0.1) is 0 Å². The molecule has 1 aliphatic rings. The summed E-state index contributed by atoms with van der Waals surface area (Å²) >= 11 is 11.5. The lowest BCUT2D eigenvalue weighted by atomic mass is 9.95. The molecule has 0 unspecified atom stereocenters. The summed E-state index contributed by atoms with van der Waals surface area (Å²) in [6.07, 6.45) is 8.54. The van der Waals surface area contributed by atoms with Gasteiger partial charge < -0.3 is 10.2 Å². The Morgan fingerprint density at radius 1 is 1.06 bits per heavy atom. The molecule has 7 heteroatoms. The lowest BCUT2D eigenvalue weighted by Gasteiger charge is -2.25. The second kappa shape index (κ2) is 11.1. The molecule has 0 bridgehead atoms. The number of amides is 2. The summed E-state index contributed by atoms with van der Waals surface area (Å²) in [4.78, 5) is 26.8. The third-order valence-electron chi connectivity index (χ3n) is 5.30. The third-order valence-corrected chi connectivity index (χ3v) is 6.02. The van der Waals surface area contributed by atoms with E-state index < -0.39 is 0 Å². The minimum absolute atomic E-state index is 0.123. The van der Waals surface area contributed by atoms with Crippen molar-refractivity contribution in [3.63, 3.8) is 0 Å². The first-order chi connectivity index (χ1) is 15.0. The van der Waals surface area contributed by atoms with Crippen LogP contribution in [0.1, 0.15) is 48.0 Å². The number of rotatable bonds is 5. The van der Waals surface area contributed by atoms with E-state index in [-0.39, 0.29) is 23.0 Å². The van der Waals surface area contributed by atoms with Gasteiger partial charge in [-0.2, -0.15) is 0 Å². The summed E-state index contributed by atoms with van der Waals surface area (Å²) in [6, 6.07) is 14.7. The summed E-state index contributed by atoms with van der Waals surface area (Å²) in [5, 5.41) is 6.57. The van der Waals surface area contributed by atoms with Gasteiger partial charge in [-0.05, 0) is 54.9 Å². The van der Waals surface area contributed by atoms with Crippen LogP contribution < -0.4 is 15.5 Å². The number of thiocarbonyl (C=S) groups is 1. The molecule has 2 aromatic carbocycles. The molecule has 0 saturated heterocycles. The number of carbonyl (C=O) groups is 2. The van der Waals surface area contributed by atoms with Gasteiger partial charge in [0.25, 0.3) is 5.91 Å². The predicted molar refractivity (Wildman–Crippen MR) is 130 cm³/mol. The fourth-order valence-electron chi connectivity index (χ4n) is 3.58. The Hall–Kier alpha value is -2.70. The average Bonchev–Trinajstić information content (AvgIpc) is 2.78. The van der Waals surface area contributed by atoms with E-state index >= 15 is 0 Å². The predicted octanol–water partition coefficient (Wildman–Crippen LogP) is 4.95. The Balaban J connectivity index is 1.65. The molecule has 31 heavy (non-hydrogen) atoms. The molecule has 3 rings (SSSR count). The normalized spacial score (nSPS) is 14.3. The molecule has 2 aromatic rings. The number of hydrogen-bond donors (Lipinski definition) is 2. The zero-order valence-electron chi connectivity index (χ0n) is 17.4. The van der Waals surface area contributed by atoms with E-state index in [1.54, 1.807) is 30.2 Å². The van der Waals surface area contributed by atoms with Crippen molar-refractivity contribution in [2.75, 3.05) is 11.9 Å². The zero-order valence-corrected chi connectivity index (χ0v) is 19.0. The van der Waals surface area contributed by atoms with Crippen LogP contribution in [0.4, 0.5) is 5.69 Å². The lowest BCUT2D eigenvalue weighted by molar-refractivity contribution is -0.115. The Kier molecular flexibility index (Phi) is 8.20. The van der Waals surface area contributed by atoms with Crippen molar-refractivity contribution in [3.8, 4) is 0 Å². The highest BCUT2D eigenvalue weighted by Gasteiger charge is 2.21. The number of hydrogen-bond acceptors (Lipinski definition) is 3.